The van der Waals surface area contributed by atoms with Crippen molar-refractivity contribution in [2.24, 2.45) is 5.92 Å². The lowest BCUT2D eigenvalue weighted by Gasteiger charge is -2.30. The Hall–Kier alpha value is -3.06. The van der Waals surface area contributed by atoms with Crippen LogP contribution in [-0.2, 0) is 17.8 Å². The average molecular weight is 423 g/mol. The topological polar surface area (TPSA) is 71.3 Å². The predicted molar refractivity (Wildman–Crippen MR) is 115 cm³/mol. The van der Waals surface area contributed by atoms with E-state index in [0.29, 0.717) is 36.9 Å². The molecule has 1 fully saturated rings. The fourth-order valence-corrected chi connectivity index (χ4v) is 3.93. The number of aryl methyl sites for hydroxylation is 1. The third-order valence-electron chi connectivity index (χ3n) is 5.59. The van der Waals surface area contributed by atoms with E-state index in [9.17, 15) is 9.18 Å². The fraction of sp³-hybridized carbons (Fsp3) is 0.375. The molecule has 1 N–H and O–H groups in total. The Labute approximate surface area is 181 Å². The van der Waals surface area contributed by atoms with Gasteiger partial charge in [-0.2, -0.15) is 4.98 Å². The number of carbonyl (C=O) groups excluding carboxylic acids is 1. The van der Waals surface area contributed by atoms with Gasteiger partial charge in [0.25, 0.3) is 0 Å². The Kier molecular flexibility index (Phi) is 7.04. The zero-order valence-corrected chi connectivity index (χ0v) is 17.5. The van der Waals surface area contributed by atoms with Gasteiger partial charge in [0.15, 0.2) is 0 Å². The maximum absolute atomic E-state index is 13.1. The minimum atomic E-state index is -0.301. The van der Waals surface area contributed by atoms with Crippen molar-refractivity contribution in [3.8, 4) is 11.4 Å². The first-order valence-corrected chi connectivity index (χ1v) is 10.8. The second kappa shape index (κ2) is 10.3. The van der Waals surface area contributed by atoms with E-state index in [1.54, 1.807) is 12.1 Å². The van der Waals surface area contributed by atoms with Crippen LogP contribution in [0.1, 0.15) is 30.7 Å². The minimum absolute atomic E-state index is 0.0232. The fourth-order valence-electron chi connectivity index (χ4n) is 3.93. The van der Waals surface area contributed by atoms with Gasteiger partial charge in [-0.1, -0.05) is 35.5 Å². The number of halogens is 1. The van der Waals surface area contributed by atoms with Crippen molar-refractivity contribution in [2.45, 2.75) is 32.2 Å². The summed E-state index contributed by atoms with van der Waals surface area (Å²) in [6.07, 6.45) is 3.75. The molecule has 31 heavy (non-hydrogen) atoms. The molecule has 3 aromatic rings. The number of amides is 1. The number of aromatic nitrogens is 2. The normalized spacial score (nSPS) is 16.9. The first-order valence-electron chi connectivity index (χ1n) is 10.8. The predicted octanol–water partition coefficient (Wildman–Crippen LogP) is 3.84. The van der Waals surface area contributed by atoms with Gasteiger partial charge in [-0.3, -0.25) is 9.69 Å². The standard InChI is InChI=1S/C24H27FN4O2/c25-21-12-10-19(11-13-21)23-27-22(31-28-23)17-29-15-5-9-20(16-29)24(30)26-14-4-8-18-6-2-1-3-7-18/h1-3,6-7,10-13,20H,4-5,8-9,14-17H2,(H,26,30). The molecule has 1 aliphatic heterocycles. The van der Waals surface area contributed by atoms with Gasteiger partial charge in [0.2, 0.25) is 17.6 Å². The number of nitrogens with one attached hydrogen (secondary N) is 1. The SMILES string of the molecule is O=C(NCCCc1ccccc1)C1CCCN(Cc2nc(-c3ccc(F)cc3)no2)C1. The zero-order valence-electron chi connectivity index (χ0n) is 17.5. The van der Waals surface area contributed by atoms with Gasteiger partial charge in [-0.15, -0.1) is 0 Å². The van der Waals surface area contributed by atoms with Gasteiger partial charge in [0.1, 0.15) is 5.82 Å². The van der Waals surface area contributed by atoms with E-state index >= 15 is 0 Å². The number of hydrogen-bond donors (Lipinski definition) is 1. The lowest BCUT2D eigenvalue weighted by molar-refractivity contribution is -0.126. The molecule has 1 aliphatic rings. The van der Waals surface area contributed by atoms with Crippen LogP contribution >= 0.6 is 0 Å². The highest BCUT2D eigenvalue weighted by atomic mass is 19.1. The van der Waals surface area contributed by atoms with Gasteiger partial charge in [-0.05, 0) is 62.1 Å². The Bertz CT molecular complexity index is 975. The minimum Gasteiger partial charge on any atom is -0.356 e. The Morgan fingerprint density at radius 1 is 1.16 bits per heavy atom. The lowest BCUT2D eigenvalue weighted by atomic mass is 9.97. The summed E-state index contributed by atoms with van der Waals surface area (Å²) in [7, 11) is 0. The molecular weight excluding hydrogens is 395 g/mol. The molecule has 0 spiro atoms. The van der Waals surface area contributed by atoms with E-state index < -0.39 is 0 Å². The molecule has 1 unspecified atom stereocenters. The van der Waals surface area contributed by atoms with Crippen LogP contribution in [0.3, 0.4) is 0 Å². The first-order chi connectivity index (χ1) is 15.2. The van der Waals surface area contributed by atoms with E-state index in [4.69, 9.17) is 4.52 Å². The molecule has 1 amide bonds. The summed E-state index contributed by atoms with van der Waals surface area (Å²) < 4.78 is 18.5. The van der Waals surface area contributed by atoms with Crippen molar-refractivity contribution in [2.75, 3.05) is 19.6 Å². The van der Waals surface area contributed by atoms with Crippen LogP contribution in [-0.4, -0.2) is 40.6 Å². The van der Waals surface area contributed by atoms with Crippen LogP contribution in [0.15, 0.2) is 59.1 Å². The molecule has 7 heteroatoms. The second-order valence-electron chi connectivity index (χ2n) is 7.97. The number of carbonyl (C=O) groups is 1. The molecule has 1 aromatic heterocycles. The lowest BCUT2D eigenvalue weighted by Crippen LogP contribution is -2.43. The van der Waals surface area contributed by atoms with Crippen LogP contribution in [0.25, 0.3) is 11.4 Å². The van der Waals surface area contributed by atoms with Crippen LogP contribution in [0, 0.1) is 11.7 Å². The molecule has 0 aliphatic carbocycles. The van der Waals surface area contributed by atoms with Gasteiger partial charge >= 0.3 is 0 Å². The quantitative estimate of drug-likeness (QED) is 0.559. The number of piperidine rings is 1. The Morgan fingerprint density at radius 2 is 1.97 bits per heavy atom. The molecule has 2 heterocycles. The van der Waals surface area contributed by atoms with Crippen LogP contribution in [0.5, 0.6) is 0 Å². The number of rotatable bonds is 8. The third-order valence-corrected chi connectivity index (χ3v) is 5.59. The van der Waals surface area contributed by atoms with Crippen molar-refractivity contribution < 1.29 is 13.7 Å². The van der Waals surface area contributed by atoms with Crippen molar-refractivity contribution in [3.05, 3.63) is 71.9 Å². The maximum atomic E-state index is 13.1. The highest BCUT2D eigenvalue weighted by Gasteiger charge is 2.26. The first kappa shape index (κ1) is 21.2. The average Bonchev–Trinajstić information content (AvgIpc) is 3.26. The van der Waals surface area contributed by atoms with Gasteiger partial charge in [0.05, 0.1) is 12.5 Å². The zero-order chi connectivity index (χ0) is 21.5. The molecule has 162 valence electrons. The highest BCUT2D eigenvalue weighted by Crippen LogP contribution is 2.20. The summed E-state index contributed by atoms with van der Waals surface area (Å²) in [5.41, 5.74) is 2.00. The van der Waals surface area contributed by atoms with E-state index in [0.717, 1.165) is 32.2 Å². The number of nitrogens with zero attached hydrogens (tertiary/aromatic N) is 3. The van der Waals surface area contributed by atoms with E-state index in [1.165, 1.54) is 17.7 Å². The van der Waals surface area contributed by atoms with E-state index in [2.05, 4.69) is 32.5 Å². The summed E-state index contributed by atoms with van der Waals surface area (Å²) in [6.45, 7) is 2.77. The largest absolute Gasteiger partial charge is 0.356 e. The van der Waals surface area contributed by atoms with Gasteiger partial charge in [0, 0.05) is 18.7 Å². The molecule has 6 nitrogen and oxygen atoms in total. The number of hydrogen-bond acceptors (Lipinski definition) is 5. The summed E-state index contributed by atoms with van der Waals surface area (Å²) >= 11 is 0. The van der Waals surface area contributed by atoms with Gasteiger partial charge in [-0.25, -0.2) is 4.39 Å². The number of benzene rings is 2. The summed E-state index contributed by atoms with van der Waals surface area (Å²) in [6, 6.07) is 16.3. The van der Waals surface area contributed by atoms with E-state index in [1.807, 2.05) is 18.2 Å². The summed E-state index contributed by atoms with van der Waals surface area (Å²) in [5.74, 6) is 0.744. The van der Waals surface area contributed by atoms with Crippen LogP contribution in [0.4, 0.5) is 4.39 Å². The molecule has 1 saturated heterocycles. The van der Waals surface area contributed by atoms with Crippen molar-refractivity contribution in [3.63, 3.8) is 0 Å². The molecule has 4 rings (SSSR count). The van der Waals surface area contributed by atoms with Crippen LogP contribution in [0.2, 0.25) is 0 Å². The monoisotopic (exact) mass is 422 g/mol. The van der Waals surface area contributed by atoms with Crippen molar-refractivity contribution >= 4 is 5.91 Å². The van der Waals surface area contributed by atoms with Gasteiger partial charge < -0.3 is 9.84 Å². The maximum Gasteiger partial charge on any atom is 0.241 e. The molecular formula is C24H27FN4O2. The molecule has 1 atom stereocenters. The second-order valence-corrected chi connectivity index (χ2v) is 7.97. The van der Waals surface area contributed by atoms with Crippen molar-refractivity contribution in [1.82, 2.24) is 20.4 Å². The Morgan fingerprint density at radius 3 is 2.77 bits per heavy atom. The smallest absolute Gasteiger partial charge is 0.241 e. The molecule has 0 radical (unpaired) electrons. The Balaban J connectivity index is 1.24. The van der Waals surface area contributed by atoms with Crippen LogP contribution < -0.4 is 5.32 Å². The molecule has 2 aromatic carbocycles. The molecule has 0 saturated carbocycles. The van der Waals surface area contributed by atoms with E-state index in [-0.39, 0.29) is 17.6 Å². The molecule has 0 bridgehead atoms. The summed E-state index contributed by atoms with van der Waals surface area (Å²) in [5, 5.41) is 7.09. The summed E-state index contributed by atoms with van der Waals surface area (Å²) in [4.78, 5) is 19.2. The number of likely N-dealkylation sites (tertiary alicyclic amines) is 1. The van der Waals surface area contributed by atoms with Crippen molar-refractivity contribution in [1.29, 1.82) is 0 Å². The highest BCUT2D eigenvalue weighted by molar-refractivity contribution is 5.78. The third kappa shape index (κ3) is 5.98.